The lowest BCUT2D eigenvalue weighted by Crippen LogP contribution is -2.71. The molecule has 5 fully saturated rings. The van der Waals surface area contributed by atoms with E-state index in [-0.39, 0.29) is 17.9 Å². The molecule has 1 spiro atoms. The van der Waals surface area contributed by atoms with Crippen molar-refractivity contribution in [2.45, 2.75) is 77.2 Å². The quantitative estimate of drug-likeness (QED) is 0.783. The highest BCUT2D eigenvalue weighted by atomic mass is 17.3. The minimum Gasteiger partial charge on any atom is -0.354 e. The van der Waals surface area contributed by atoms with Crippen molar-refractivity contribution in [3.8, 4) is 0 Å². The van der Waals surface area contributed by atoms with Gasteiger partial charge in [-0.05, 0) is 43.9 Å². The molecular weight excluding hydrogens is 310 g/mol. The summed E-state index contributed by atoms with van der Waals surface area (Å²) in [6.07, 6.45) is 3.65. The maximum atomic E-state index is 11.3. The molecule has 1 saturated carbocycles. The molecule has 0 unspecified atom stereocenters. The van der Waals surface area contributed by atoms with Gasteiger partial charge >= 0.3 is 0 Å². The Morgan fingerprint density at radius 2 is 1.96 bits per heavy atom. The molecular formula is C18H29NO5. The zero-order valence-electron chi connectivity index (χ0n) is 15.0. The largest absolute Gasteiger partial charge is 0.354 e. The second kappa shape index (κ2) is 5.66. The summed E-state index contributed by atoms with van der Waals surface area (Å²) in [5.74, 6) is 0.776. The maximum absolute atomic E-state index is 11.3. The molecule has 8 atom stereocenters. The summed E-state index contributed by atoms with van der Waals surface area (Å²) in [7, 11) is 0. The average molecular weight is 339 g/mol. The number of nitrogens with one attached hydrogen (secondary N) is 1. The van der Waals surface area contributed by atoms with E-state index >= 15 is 0 Å². The van der Waals surface area contributed by atoms with Crippen LogP contribution >= 0.6 is 0 Å². The van der Waals surface area contributed by atoms with Gasteiger partial charge in [-0.25, -0.2) is 9.78 Å². The van der Waals surface area contributed by atoms with Crippen LogP contribution in [0.4, 0.5) is 0 Å². The van der Waals surface area contributed by atoms with E-state index in [0.29, 0.717) is 24.3 Å². The first-order valence-electron chi connectivity index (χ1n) is 9.30. The Balaban J connectivity index is 1.68. The third-order valence-electron chi connectivity index (χ3n) is 6.85. The van der Waals surface area contributed by atoms with Crippen molar-refractivity contribution in [3.63, 3.8) is 0 Å². The average Bonchev–Trinajstić information content (AvgIpc) is 2.76. The van der Waals surface area contributed by atoms with Crippen LogP contribution in [0.3, 0.4) is 0 Å². The number of ether oxygens (including phenoxy) is 2. The molecule has 6 nitrogen and oxygen atoms in total. The van der Waals surface area contributed by atoms with Gasteiger partial charge < -0.3 is 14.8 Å². The van der Waals surface area contributed by atoms with Gasteiger partial charge in [-0.1, -0.05) is 13.8 Å². The first kappa shape index (κ1) is 16.8. The Kier molecular flexibility index (Phi) is 3.95. The van der Waals surface area contributed by atoms with E-state index in [4.69, 9.17) is 19.2 Å². The Morgan fingerprint density at radius 1 is 1.17 bits per heavy atom. The number of fused-ring (bicyclic) bond motifs is 2. The van der Waals surface area contributed by atoms with Crippen molar-refractivity contribution >= 4 is 5.91 Å². The standard InChI is InChI=1S/C18H29NO5/c1-10-5-6-14-11(2)15(9-19-12(3)20)21-16-18(14)13(10)7-8-17(4,22-16)23-24-18/h10-11,13-16H,5-9H2,1-4H3,(H,19,20)/t10-,11-,13+,14+,15-,16-,17-,18-/m1/s1. The molecule has 1 amide bonds. The van der Waals surface area contributed by atoms with E-state index in [1.165, 1.54) is 13.3 Å². The molecule has 0 radical (unpaired) electrons. The molecule has 5 rings (SSSR count). The summed E-state index contributed by atoms with van der Waals surface area (Å²) in [5.41, 5.74) is -0.514. The summed E-state index contributed by atoms with van der Waals surface area (Å²) in [6.45, 7) is 8.50. The lowest BCUT2D eigenvalue weighted by molar-refractivity contribution is -0.570. The van der Waals surface area contributed by atoms with E-state index in [1.54, 1.807) is 0 Å². The van der Waals surface area contributed by atoms with E-state index < -0.39 is 17.7 Å². The van der Waals surface area contributed by atoms with Crippen molar-refractivity contribution in [1.29, 1.82) is 0 Å². The van der Waals surface area contributed by atoms with Crippen molar-refractivity contribution in [2.24, 2.45) is 23.7 Å². The van der Waals surface area contributed by atoms with Gasteiger partial charge in [0.15, 0.2) is 11.9 Å². The second-order valence-corrected chi connectivity index (χ2v) is 8.38. The lowest BCUT2D eigenvalue weighted by Gasteiger charge is -2.60. The molecule has 1 aliphatic carbocycles. The van der Waals surface area contributed by atoms with E-state index in [0.717, 1.165) is 19.3 Å². The SMILES string of the molecule is CC(=O)NC[C@H]1O[C@@H]2O[C@@]3(C)CC[C@H]4[C@H](C)CC[C@@H]([C@H]1C)[C@@]24OO3. The Hall–Kier alpha value is -0.690. The van der Waals surface area contributed by atoms with Crippen LogP contribution < -0.4 is 5.32 Å². The van der Waals surface area contributed by atoms with Gasteiger partial charge in [-0.2, -0.15) is 0 Å². The van der Waals surface area contributed by atoms with Crippen LogP contribution in [0.25, 0.3) is 0 Å². The van der Waals surface area contributed by atoms with Crippen molar-refractivity contribution < 1.29 is 24.0 Å². The van der Waals surface area contributed by atoms with Crippen molar-refractivity contribution in [1.82, 2.24) is 5.32 Å². The molecule has 5 aliphatic rings. The van der Waals surface area contributed by atoms with Gasteiger partial charge in [0.1, 0.15) is 0 Å². The van der Waals surface area contributed by atoms with Crippen LogP contribution in [-0.2, 0) is 24.0 Å². The maximum Gasteiger partial charge on any atom is 0.216 e. The summed E-state index contributed by atoms with van der Waals surface area (Å²) in [6, 6.07) is 0. The molecule has 0 aromatic carbocycles. The Labute approximate surface area is 143 Å². The van der Waals surface area contributed by atoms with Crippen LogP contribution in [0.15, 0.2) is 0 Å². The molecule has 0 aromatic heterocycles. The van der Waals surface area contributed by atoms with Crippen LogP contribution in [0.5, 0.6) is 0 Å². The summed E-state index contributed by atoms with van der Waals surface area (Å²) >= 11 is 0. The van der Waals surface area contributed by atoms with Gasteiger partial charge in [0.25, 0.3) is 0 Å². The third kappa shape index (κ3) is 2.34. The fraction of sp³-hybridized carbons (Fsp3) is 0.944. The minimum absolute atomic E-state index is 0.0314. The first-order chi connectivity index (χ1) is 11.4. The van der Waals surface area contributed by atoms with Gasteiger partial charge in [0.05, 0.1) is 6.10 Å². The van der Waals surface area contributed by atoms with Crippen LogP contribution in [0.2, 0.25) is 0 Å². The normalized spacial score (nSPS) is 53.2. The zero-order chi connectivity index (χ0) is 17.1. The fourth-order valence-electron chi connectivity index (χ4n) is 5.46. The Morgan fingerprint density at radius 3 is 2.71 bits per heavy atom. The van der Waals surface area contributed by atoms with Gasteiger partial charge in [-0.15, -0.1) is 0 Å². The Bertz CT molecular complexity index is 528. The molecule has 6 heteroatoms. The second-order valence-electron chi connectivity index (χ2n) is 8.38. The van der Waals surface area contributed by atoms with E-state index in [9.17, 15) is 4.79 Å². The molecule has 4 saturated heterocycles. The van der Waals surface area contributed by atoms with E-state index in [2.05, 4.69) is 19.2 Å². The highest BCUT2D eigenvalue weighted by molar-refractivity contribution is 5.72. The predicted molar refractivity (Wildman–Crippen MR) is 85.5 cm³/mol. The van der Waals surface area contributed by atoms with Gasteiger partial charge in [0.2, 0.25) is 11.7 Å². The van der Waals surface area contributed by atoms with Crippen molar-refractivity contribution in [2.75, 3.05) is 6.54 Å². The highest BCUT2D eigenvalue weighted by Crippen LogP contribution is 2.60. The van der Waals surface area contributed by atoms with Gasteiger partial charge in [-0.3, -0.25) is 4.79 Å². The molecule has 4 heterocycles. The summed E-state index contributed by atoms with van der Waals surface area (Å²) in [4.78, 5) is 23.2. The van der Waals surface area contributed by atoms with E-state index in [1.807, 2.05) is 6.92 Å². The monoisotopic (exact) mass is 339 g/mol. The molecule has 24 heavy (non-hydrogen) atoms. The highest BCUT2D eigenvalue weighted by Gasteiger charge is 2.69. The first-order valence-corrected chi connectivity index (χ1v) is 9.30. The van der Waals surface area contributed by atoms with Crippen molar-refractivity contribution in [3.05, 3.63) is 0 Å². The molecule has 1 N–H and O–H groups in total. The minimum atomic E-state index is -0.739. The predicted octanol–water partition coefficient (Wildman–Crippen LogP) is 2.37. The zero-order valence-corrected chi connectivity index (χ0v) is 15.0. The lowest BCUT2D eigenvalue weighted by atomic mass is 9.57. The molecule has 136 valence electrons. The van der Waals surface area contributed by atoms with Crippen LogP contribution in [0.1, 0.15) is 53.4 Å². The molecule has 2 bridgehead atoms. The number of hydrogen-bond donors (Lipinski definition) is 1. The summed E-state index contributed by atoms with van der Waals surface area (Å²) < 4.78 is 12.6. The number of amides is 1. The number of carbonyl (C=O) groups is 1. The number of hydrogen-bond acceptors (Lipinski definition) is 5. The molecule has 4 aliphatic heterocycles. The number of rotatable bonds is 2. The summed E-state index contributed by atoms with van der Waals surface area (Å²) in [5, 5.41) is 2.90. The number of carbonyl (C=O) groups excluding carboxylic acids is 1. The smallest absolute Gasteiger partial charge is 0.216 e. The fourth-order valence-corrected chi connectivity index (χ4v) is 5.46. The van der Waals surface area contributed by atoms with Gasteiger partial charge in [0, 0.05) is 25.8 Å². The van der Waals surface area contributed by atoms with Crippen LogP contribution in [0, 0.1) is 23.7 Å². The third-order valence-corrected chi connectivity index (χ3v) is 6.85. The van der Waals surface area contributed by atoms with Crippen LogP contribution in [-0.4, -0.2) is 36.2 Å². The molecule has 0 aromatic rings. The topological polar surface area (TPSA) is 66.0 Å².